The van der Waals surface area contributed by atoms with Crippen molar-refractivity contribution in [2.24, 2.45) is 0 Å². The van der Waals surface area contributed by atoms with Crippen LogP contribution in [0.3, 0.4) is 0 Å². The number of nitrogens with zero attached hydrogens (tertiary/aromatic N) is 4. The maximum atomic E-state index is 10.00. The number of hydrogen-bond donors (Lipinski definition) is 0. The first-order valence-electron chi connectivity index (χ1n) is 16.2. The quantitative estimate of drug-likeness (QED) is 0.199. The molecule has 0 radical (unpaired) electrons. The Hall–Kier alpha value is -6.62. The van der Waals surface area contributed by atoms with Crippen molar-refractivity contribution >= 4 is 38.8 Å². The van der Waals surface area contributed by atoms with E-state index < -0.39 is 0 Å². The van der Waals surface area contributed by atoms with Crippen LogP contribution in [-0.4, -0.2) is 9.13 Å². The highest BCUT2D eigenvalue weighted by molar-refractivity contribution is 6.09. The Balaban J connectivity index is 1.17. The lowest BCUT2D eigenvalue weighted by atomic mass is 9.96. The number of fused-ring (bicyclic) bond motifs is 6. The van der Waals surface area contributed by atoms with Crippen molar-refractivity contribution in [3.8, 4) is 45.8 Å². The second kappa shape index (κ2) is 11.0. The van der Waals surface area contributed by atoms with Crippen molar-refractivity contribution in [3.63, 3.8) is 0 Å². The lowest BCUT2D eigenvalue weighted by Crippen LogP contribution is -2.03. The summed E-state index contributed by atoms with van der Waals surface area (Å²) in [6.07, 6.45) is 6.35. The van der Waals surface area contributed by atoms with E-state index in [9.17, 15) is 10.5 Å². The molecule has 224 valence electrons. The van der Waals surface area contributed by atoms with E-state index in [0.717, 1.165) is 68.4 Å². The molecule has 0 spiro atoms. The van der Waals surface area contributed by atoms with E-state index in [-0.39, 0.29) is 0 Å². The molecule has 8 aromatic rings. The fourth-order valence-electron chi connectivity index (χ4n) is 7.52. The second-order valence-corrected chi connectivity index (χ2v) is 12.3. The third-order valence-corrected chi connectivity index (χ3v) is 9.66. The normalized spacial score (nSPS) is 12.3. The summed E-state index contributed by atoms with van der Waals surface area (Å²) in [4.78, 5) is 0. The Morgan fingerprint density at radius 2 is 1.27 bits per heavy atom. The second-order valence-electron chi connectivity index (χ2n) is 12.3. The molecule has 0 aliphatic heterocycles. The lowest BCUT2D eigenvalue weighted by molar-refractivity contribution is 0.888. The molecule has 0 saturated heterocycles. The Morgan fingerprint density at radius 3 is 2.02 bits per heavy atom. The van der Waals surface area contributed by atoms with E-state index in [2.05, 4.69) is 143 Å². The van der Waals surface area contributed by atoms with Crippen LogP contribution in [0.15, 0.2) is 140 Å². The first-order chi connectivity index (χ1) is 23.7. The molecule has 1 aliphatic rings. The van der Waals surface area contributed by atoms with Gasteiger partial charge < -0.3 is 9.13 Å². The van der Waals surface area contributed by atoms with Gasteiger partial charge >= 0.3 is 0 Å². The molecule has 48 heavy (non-hydrogen) atoms. The van der Waals surface area contributed by atoms with Crippen molar-refractivity contribution in [1.82, 2.24) is 9.13 Å². The monoisotopic (exact) mass is 612 g/mol. The SMILES string of the molecule is N#Cc1ccc(-c2cccc(-c3ccc(-n4c5c(c6cccc(C#N)c64)C=CCC5)cc3)c2)c(-n2c3ccccc3c3ccccc32)c1. The van der Waals surface area contributed by atoms with Gasteiger partial charge in [0.25, 0.3) is 0 Å². The Morgan fingerprint density at radius 1 is 0.562 bits per heavy atom. The molecule has 2 aromatic heterocycles. The molecule has 0 amide bonds. The van der Waals surface area contributed by atoms with Crippen molar-refractivity contribution in [2.75, 3.05) is 0 Å². The zero-order valence-corrected chi connectivity index (χ0v) is 26.1. The predicted molar refractivity (Wildman–Crippen MR) is 195 cm³/mol. The van der Waals surface area contributed by atoms with E-state index in [1.165, 1.54) is 22.0 Å². The molecule has 0 saturated carbocycles. The van der Waals surface area contributed by atoms with Gasteiger partial charge in [-0.1, -0.05) is 97.1 Å². The molecule has 0 unspecified atom stereocenters. The van der Waals surface area contributed by atoms with Gasteiger partial charge in [-0.05, 0) is 78.1 Å². The number of rotatable bonds is 4. The maximum Gasteiger partial charge on any atom is 0.101 e. The Labute approximate surface area is 278 Å². The van der Waals surface area contributed by atoms with Gasteiger partial charge in [-0.2, -0.15) is 10.5 Å². The minimum absolute atomic E-state index is 0.622. The van der Waals surface area contributed by atoms with E-state index in [1.807, 2.05) is 24.3 Å². The van der Waals surface area contributed by atoms with Crippen LogP contribution in [0.1, 0.15) is 28.8 Å². The molecular formula is C44H28N4. The average molecular weight is 613 g/mol. The number of allylic oxidation sites excluding steroid dienone is 1. The van der Waals surface area contributed by atoms with E-state index >= 15 is 0 Å². The van der Waals surface area contributed by atoms with Crippen LogP contribution in [0.25, 0.3) is 72.4 Å². The number of hydrogen-bond acceptors (Lipinski definition) is 2. The largest absolute Gasteiger partial charge is 0.312 e. The minimum atomic E-state index is 0.622. The van der Waals surface area contributed by atoms with Crippen molar-refractivity contribution in [3.05, 3.63) is 162 Å². The van der Waals surface area contributed by atoms with Crippen LogP contribution >= 0.6 is 0 Å². The summed E-state index contributed by atoms with van der Waals surface area (Å²) in [7, 11) is 0. The molecule has 0 atom stereocenters. The summed E-state index contributed by atoms with van der Waals surface area (Å²) >= 11 is 0. The fourth-order valence-corrected chi connectivity index (χ4v) is 7.52. The van der Waals surface area contributed by atoms with E-state index in [0.29, 0.717) is 11.1 Å². The maximum absolute atomic E-state index is 10.00. The molecule has 6 aromatic carbocycles. The molecule has 1 aliphatic carbocycles. The van der Waals surface area contributed by atoms with Gasteiger partial charge in [-0.3, -0.25) is 0 Å². The number of para-hydroxylation sites is 3. The zero-order chi connectivity index (χ0) is 32.2. The van der Waals surface area contributed by atoms with Gasteiger partial charge in [0, 0.05) is 38.7 Å². The minimum Gasteiger partial charge on any atom is -0.312 e. The molecular weight excluding hydrogens is 585 g/mol. The number of aromatic nitrogens is 2. The summed E-state index contributed by atoms with van der Waals surface area (Å²) in [5.41, 5.74) is 13.4. The topological polar surface area (TPSA) is 57.4 Å². The third kappa shape index (κ3) is 4.21. The Bertz CT molecular complexity index is 2630. The van der Waals surface area contributed by atoms with Crippen LogP contribution in [0.5, 0.6) is 0 Å². The highest BCUT2D eigenvalue weighted by Crippen LogP contribution is 2.39. The number of benzene rings is 6. The predicted octanol–water partition coefficient (Wildman–Crippen LogP) is 10.8. The van der Waals surface area contributed by atoms with Gasteiger partial charge in [0.05, 0.1) is 39.4 Å². The highest BCUT2D eigenvalue weighted by Gasteiger charge is 2.21. The lowest BCUT2D eigenvalue weighted by Gasteiger charge is -2.16. The van der Waals surface area contributed by atoms with Crippen molar-refractivity contribution in [1.29, 1.82) is 10.5 Å². The first kappa shape index (κ1) is 27.7. The molecule has 4 nitrogen and oxygen atoms in total. The van der Waals surface area contributed by atoms with Crippen molar-refractivity contribution < 1.29 is 0 Å². The summed E-state index contributed by atoms with van der Waals surface area (Å²) in [6.45, 7) is 0. The molecule has 4 heteroatoms. The smallest absolute Gasteiger partial charge is 0.101 e. The van der Waals surface area contributed by atoms with Gasteiger partial charge in [0.15, 0.2) is 0 Å². The van der Waals surface area contributed by atoms with E-state index in [1.54, 1.807) is 0 Å². The molecule has 0 bridgehead atoms. The fraction of sp³-hybridized carbons (Fsp3) is 0.0455. The van der Waals surface area contributed by atoms with Crippen LogP contribution in [-0.2, 0) is 6.42 Å². The molecule has 0 fully saturated rings. The van der Waals surface area contributed by atoms with Gasteiger partial charge in [-0.25, -0.2) is 0 Å². The third-order valence-electron chi connectivity index (χ3n) is 9.66. The van der Waals surface area contributed by atoms with Gasteiger partial charge in [0.2, 0.25) is 0 Å². The standard InChI is InChI=1S/C44H28N4/c45-27-29-19-24-35(43(25-29)48-41-17-5-1-12-36(41)37-13-2-6-18-42(37)48)32-10-7-9-31(26-32)30-20-22-34(23-21-30)47-40-16-4-3-14-38(40)39-15-8-11-33(28-46)44(39)47/h1-3,5-15,17-26H,4,16H2. The zero-order valence-electron chi connectivity index (χ0n) is 26.1. The van der Waals surface area contributed by atoms with Crippen molar-refractivity contribution in [2.45, 2.75) is 12.8 Å². The van der Waals surface area contributed by atoms with Crippen LogP contribution < -0.4 is 0 Å². The van der Waals surface area contributed by atoms with Crippen LogP contribution in [0, 0.1) is 22.7 Å². The van der Waals surface area contributed by atoms with Crippen LogP contribution in [0.4, 0.5) is 0 Å². The Kier molecular flexibility index (Phi) is 6.35. The van der Waals surface area contributed by atoms with E-state index in [4.69, 9.17) is 0 Å². The molecule has 2 heterocycles. The molecule has 9 rings (SSSR count). The summed E-state index contributed by atoms with van der Waals surface area (Å²) in [6, 6.07) is 51.0. The van der Waals surface area contributed by atoms with Gasteiger partial charge in [0.1, 0.15) is 6.07 Å². The highest BCUT2D eigenvalue weighted by atomic mass is 15.0. The first-order valence-corrected chi connectivity index (χ1v) is 16.2. The molecule has 0 N–H and O–H groups in total. The summed E-state index contributed by atoms with van der Waals surface area (Å²) < 4.78 is 4.57. The average Bonchev–Trinajstić information content (AvgIpc) is 3.68. The van der Waals surface area contributed by atoms with Gasteiger partial charge in [-0.15, -0.1) is 0 Å². The summed E-state index contributed by atoms with van der Waals surface area (Å²) in [5.74, 6) is 0. The number of nitriles is 2. The van der Waals surface area contributed by atoms with Crippen LogP contribution in [0.2, 0.25) is 0 Å². The summed E-state index contributed by atoms with van der Waals surface area (Å²) in [5, 5.41) is 23.4.